The number of fused-ring (bicyclic) bond motifs is 2. The predicted molar refractivity (Wildman–Crippen MR) is 117 cm³/mol. The van der Waals surface area contributed by atoms with Gasteiger partial charge in [0.2, 0.25) is 0 Å². The van der Waals surface area contributed by atoms with Crippen molar-refractivity contribution in [1.29, 1.82) is 0 Å². The van der Waals surface area contributed by atoms with Crippen molar-refractivity contribution in [2.24, 2.45) is 0 Å². The summed E-state index contributed by atoms with van der Waals surface area (Å²) in [7, 11) is 3.03. The minimum absolute atomic E-state index is 0.0407. The highest BCUT2D eigenvalue weighted by Gasteiger charge is 2.43. The molecule has 0 radical (unpaired) electrons. The van der Waals surface area contributed by atoms with Crippen LogP contribution in [-0.2, 0) is 23.7 Å². The molecule has 8 nitrogen and oxygen atoms in total. The van der Waals surface area contributed by atoms with Crippen LogP contribution in [0.2, 0.25) is 0 Å². The van der Waals surface area contributed by atoms with E-state index in [1.807, 2.05) is 6.08 Å². The topological polar surface area (TPSA) is 89.5 Å². The summed E-state index contributed by atoms with van der Waals surface area (Å²) in [5, 5.41) is 0. The molecule has 1 aromatic carbocycles. The van der Waals surface area contributed by atoms with Gasteiger partial charge < -0.3 is 28.4 Å². The molecule has 174 valence electrons. The first-order chi connectivity index (χ1) is 15.2. The normalized spacial score (nSPS) is 27.5. The maximum absolute atomic E-state index is 13.0. The quantitative estimate of drug-likeness (QED) is 0.511. The minimum atomic E-state index is -0.866. The van der Waals surface area contributed by atoms with Crippen molar-refractivity contribution in [3.8, 4) is 11.5 Å². The molecular weight excluding hydrogens is 416 g/mol. The van der Waals surface area contributed by atoms with Gasteiger partial charge >= 0.3 is 5.97 Å². The fourth-order valence-electron chi connectivity index (χ4n) is 3.65. The lowest BCUT2D eigenvalue weighted by Crippen LogP contribution is -2.30. The molecule has 0 amide bonds. The highest BCUT2D eigenvalue weighted by atomic mass is 16.8. The van der Waals surface area contributed by atoms with Gasteiger partial charge in [0, 0.05) is 19.6 Å². The summed E-state index contributed by atoms with van der Waals surface area (Å²) in [6.45, 7) is 5.28. The van der Waals surface area contributed by atoms with Crippen LogP contribution < -0.4 is 9.47 Å². The van der Waals surface area contributed by atoms with Crippen LogP contribution in [0.3, 0.4) is 0 Å². The first-order valence-electron chi connectivity index (χ1n) is 10.5. The molecule has 0 aliphatic carbocycles. The molecule has 32 heavy (non-hydrogen) atoms. The maximum Gasteiger partial charge on any atom is 0.342 e. The molecular formula is C24H30O8. The van der Waals surface area contributed by atoms with Crippen LogP contribution in [0.15, 0.2) is 30.4 Å². The number of rotatable bonds is 4. The van der Waals surface area contributed by atoms with Crippen molar-refractivity contribution in [1.82, 2.24) is 0 Å². The van der Waals surface area contributed by atoms with Crippen LogP contribution in [0.25, 0.3) is 6.08 Å². The average Bonchev–Trinajstić information content (AvgIpc) is 3.05. The van der Waals surface area contributed by atoms with Gasteiger partial charge in [0.05, 0.1) is 13.2 Å². The second kappa shape index (κ2) is 10.3. The summed E-state index contributed by atoms with van der Waals surface area (Å²) in [6, 6.07) is 3.34. The lowest BCUT2D eigenvalue weighted by molar-refractivity contribution is -0.152. The molecule has 1 unspecified atom stereocenters. The Balaban J connectivity index is 2.03. The van der Waals surface area contributed by atoms with Crippen LogP contribution >= 0.6 is 0 Å². The van der Waals surface area contributed by atoms with Gasteiger partial charge in [-0.15, -0.1) is 0 Å². The standard InChI is InChI=1S/C24H30O8/c1-15-8-6-10-18(25)22-19(31-24(2,3)32-22)11-7-9-16-12-17(28-5)13-20(29-14-27-4)21(16)23(26)30-15/h6-7,9-10,12-13,15,19,22H,8,11,14H2,1-5H3/b9-7+,10-6-/t15?,19-,22+/m0/s1. The molecule has 2 aliphatic heterocycles. The third-order valence-electron chi connectivity index (χ3n) is 5.07. The highest BCUT2D eigenvalue weighted by molar-refractivity contribution is 5.97. The Bertz CT molecular complexity index is 902. The zero-order valence-corrected chi connectivity index (χ0v) is 19.1. The van der Waals surface area contributed by atoms with Crippen LogP contribution in [0, 0.1) is 0 Å². The van der Waals surface area contributed by atoms with Crippen LogP contribution in [-0.4, -0.2) is 56.9 Å². The molecule has 2 heterocycles. The number of hydrogen-bond donors (Lipinski definition) is 0. The van der Waals surface area contributed by atoms with E-state index in [-0.39, 0.29) is 18.1 Å². The number of carbonyl (C=O) groups excluding carboxylic acids is 2. The second-order valence-electron chi connectivity index (χ2n) is 8.13. The van der Waals surface area contributed by atoms with E-state index in [1.165, 1.54) is 20.3 Å². The van der Waals surface area contributed by atoms with E-state index < -0.39 is 30.1 Å². The zero-order chi connectivity index (χ0) is 23.3. The Hall–Kier alpha value is -2.68. The molecule has 0 N–H and O–H groups in total. The number of ether oxygens (including phenoxy) is 6. The number of benzene rings is 1. The van der Waals surface area contributed by atoms with Gasteiger partial charge in [-0.25, -0.2) is 4.79 Å². The van der Waals surface area contributed by atoms with E-state index in [2.05, 4.69) is 0 Å². The van der Waals surface area contributed by atoms with Gasteiger partial charge in [-0.1, -0.05) is 18.2 Å². The summed E-state index contributed by atoms with van der Waals surface area (Å²) in [5.74, 6) is -0.779. The Morgan fingerprint density at radius 1 is 1.06 bits per heavy atom. The lowest BCUT2D eigenvalue weighted by atomic mass is 10.0. The van der Waals surface area contributed by atoms with Crippen LogP contribution in [0.5, 0.6) is 11.5 Å². The number of esters is 1. The van der Waals surface area contributed by atoms with Crippen molar-refractivity contribution in [2.45, 2.75) is 57.7 Å². The van der Waals surface area contributed by atoms with Gasteiger partial charge in [0.25, 0.3) is 0 Å². The third-order valence-corrected chi connectivity index (χ3v) is 5.07. The molecule has 1 aromatic rings. The van der Waals surface area contributed by atoms with Gasteiger partial charge in [0.15, 0.2) is 18.4 Å². The predicted octanol–water partition coefficient (Wildman–Crippen LogP) is 3.68. The van der Waals surface area contributed by atoms with E-state index in [0.29, 0.717) is 29.9 Å². The van der Waals surface area contributed by atoms with Crippen molar-refractivity contribution < 1.29 is 38.0 Å². The van der Waals surface area contributed by atoms with E-state index in [4.69, 9.17) is 28.4 Å². The Labute approximate surface area is 188 Å². The summed E-state index contributed by atoms with van der Waals surface area (Å²) in [4.78, 5) is 25.7. The smallest absolute Gasteiger partial charge is 0.342 e. The average molecular weight is 446 g/mol. The van der Waals surface area contributed by atoms with E-state index >= 15 is 0 Å². The van der Waals surface area contributed by atoms with Crippen molar-refractivity contribution >= 4 is 17.8 Å². The summed E-state index contributed by atoms with van der Waals surface area (Å²) in [6.07, 6.45) is 5.90. The molecule has 3 rings (SSSR count). The Morgan fingerprint density at radius 3 is 2.53 bits per heavy atom. The van der Waals surface area contributed by atoms with Gasteiger partial charge in [-0.3, -0.25) is 4.79 Å². The van der Waals surface area contributed by atoms with Crippen LogP contribution in [0.4, 0.5) is 0 Å². The molecule has 2 aliphatic rings. The maximum atomic E-state index is 13.0. The Kier molecular flexibility index (Phi) is 7.71. The van der Waals surface area contributed by atoms with E-state index in [9.17, 15) is 9.59 Å². The van der Waals surface area contributed by atoms with Gasteiger partial charge in [0.1, 0.15) is 29.3 Å². The van der Waals surface area contributed by atoms with Gasteiger partial charge in [-0.05, 0) is 44.9 Å². The first-order valence-corrected chi connectivity index (χ1v) is 10.5. The van der Waals surface area contributed by atoms with Gasteiger partial charge in [-0.2, -0.15) is 0 Å². The highest BCUT2D eigenvalue weighted by Crippen LogP contribution is 2.34. The second-order valence-corrected chi connectivity index (χ2v) is 8.13. The number of carbonyl (C=O) groups is 2. The fraction of sp³-hybridized carbons (Fsp3) is 0.500. The van der Waals surface area contributed by atoms with Crippen LogP contribution in [0.1, 0.15) is 49.5 Å². The largest absolute Gasteiger partial charge is 0.497 e. The van der Waals surface area contributed by atoms with Crippen molar-refractivity contribution in [3.63, 3.8) is 0 Å². The zero-order valence-electron chi connectivity index (χ0n) is 19.1. The fourth-order valence-corrected chi connectivity index (χ4v) is 3.65. The SMILES string of the molecule is COCOc1cc(OC)cc2c1C(=O)OC(C)C/C=C\C(=O)[C@H]1OC(C)(C)O[C@H]1C/C=C/2. The molecule has 3 atom stereocenters. The molecule has 8 heteroatoms. The summed E-state index contributed by atoms with van der Waals surface area (Å²) in [5.41, 5.74) is 0.824. The number of ketones is 1. The molecule has 0 aromatic heterocycles. The number of methoxy groups -OCH3 is 2. The summed E-state index contributed by atoms with van der Waals surface area (Å²) >= 11 is 0. The van der Waals surface area contributed by atoms with Crippen molar-refractivity contribution in [3.05, 3.63) is 41.5 Å². The number of cyclic esters (lactones) is 1. The minimum Gasteiger partial charge on any atom is -0.497 e. The van der Waals surface area contributed by atoms with E-state index in [1.54, 1.807) is 45.1 Å². The molecule has 0 saturated carbocycles. The van der Waals surface area contributed by atoms with E-state index in [0.717, 1.165) is 0 Å². The molecule has 0 spiro atoms. The van der Waals surface area contributed by atoms with Crippen molar-refractivity contribution in [2.75, 3.05) is 21.0 Å². The first kappa shape index (κ1) is 24.0. The monoisotopic (exact) mass is 446 g/mol. The Morgan fingerprint density at radius 2 is 1.81 bits per heavy atom. The lowest BCUT2D eigenvalue weighted by Gasteiger charge is -2.18. The molecule has 1 saturated heterocycles. The summed E-state index contributed by atoms with van der Waals surface area (Å²) < 4.78 is 33.4. The molecule has 0 bridgehead atoms. The molecule has 1 fully saturated rings. The number of hydrogen-bond acceptors (Lipinski definition) is 8. The third kappa shape index (κ3) is 5.76.